The van der Waals surface area contributed by atoms with Crippen molar-refractivity contribution >= 4 is 29.6 Å². The minimum absolute atomic E-state index is 0.0514. The molecule has 0 unspecified atom stereocenters. The van der Waals surface area contributed by atoms with Gasteiger partial charge < -0.3 is 26.6 Å². The Hall–Kier alpha value is -2.25. The molecule has 1 saturated heterocycles. The molecule has 0 aliphatic carbocycles. The molecular weight excluding hydrogens is 346 g/mol. The number of nitriles is 1. The number of carboxylic acid groups (broad SMARTS) is 1. The van der Waals surface area contributed by atoms with Gasteiger partial charge >= 0.3 is 5.97 Å². The van der Waals surface area contributed by atoms with Crippen molar-refractivity contribution in [3.63, 3.8) is 0 Å². The number of nitrogens with two attached hydrogens (primary N) is 2. The maximum Gasteiger partial charge on any atom is 0.353 e. The first-order chi connectivity index (χ1) is 11.8. The molecule has 0 bridgehead atoms. The standard InChI is InChI=1S/C15H21N5O4S/c1-7(21)9-10-8(3-5-19-15(17)18)12(25-6-2-4-16)11(14(23)24)20(10)13(9)22/h7-10,21H,2-3,5-6H2,1H3,(H,23,24)(H4,17,18,19)/t7-,8-,9-,10-/m1/s1. The Labute approximate surface area is 149 Å². The van der Waals surface area contributed by atoms with E-state index >= 15 is 0 Å². The fourth-order valence-electron chi connectivity index (χ4n) is 3.39. The average molecular weight is 367 g/mol. The van der Waals surface area contributed by atoms with E-state index in [0.29, 0.717) is 17.1 Å². The number of amides is 1. The number of carboxylic acids is 1. The highest BCUT2D eigenvalue weighted by Crippen LogP contribution is 2.51. The maximum atomic E-state index is 12.3. The summed E-state index contributed by atoms with van der Waals surface area (Å²) in [6.45, 7) is 1.81. The van der Waals surface area contributed by atoms with Crippen molar-refractivity contribution in [2.24, 2.45) is 28.3 Å². The van der Waals surface area contributed by atoms with E-state index in [1.165, 1.54) is 23.6 Å². The van der Waals surface area contributed by atoms with E-state index in [0.717, 1.165) is 0 Å². The third-order valence-corrected chi connectivity index (χ3v) is 5.56. The van der Waals surface area contributed by atoms with Gasteiger partial charge in [-0.05, 0) is 13.3 Å². The Bertz CT molecular complexity index is 665. The number of guanidine groups is 1. The number of aliphatic carboxylic acids is 1. The molecule has 6 N–H and O–H groups in total. The van der Waals surface area contributed by atoms with Crippen LogP contribution in [-0.2, 0) is 9.59 Å². The number of aliphatic hydroxyl groups is 1. The van der Waals surface area contributed by atoms with Crippen molar-refractivity contribution in [3.8, 4) is 6.07 Å². The minimum atomic E-state index is -1.19. The van der Waals surface area contributed by atoms with Crippen LogP contribution in [0.4, 0.5) is 0 Å². The van der Waals surface area contributed by atoms with Gasteiger partial charge in [-0.25, -0.2) is 4.79 Å². The van der Waals surface area contributed by atoms with Crippen LogP contribution in [0, 0.1) is 23.2 Å². The van der Waals surface area contributed by atoms with Crippen LogP contribution in [-0.4, -0.2) is 57.4 Å². The molecule has 0 aromatic carbocycles. The van der Waals surface area contributed by atoms with Gasteiger partial charge in [0.15, 0.2) is 5.96 Å². The molecule has 136 valence electrons. The van der Waals surface area contributed by atoms with Gasteiger partial charge in [0.05, 0.1) is 24.1 Å². The Morgan fingerprint density at radius 2 is 2.20 bits per heavy atom. The third kappa shape index (κ3) is 3.57. The molecule has 2 aliphatic rings. The number of nitrogens with zero attached hydrogens (tertiary/aromatic N) is 3. The number of hydrogen-bond donors (Lipinski definition) is 4. The molecule has 0 spiro atoms. The van der Waals surface area contributed by atoms with Crippen LogP contribution in [0.1, 0.15) is 19.8 Å². The van der Waals surface area contributed by atoms with Crippen molar-refractivity contribution in [1.29, 1.82) is 5.26 Å². The van der Waals surface area contributed by atoms with E-state index < -0.39 is 24.0 Å². The van der Waals surface area contributed by atoms with Gasteiger partial charge in [0, 0.05) is 29.5 Å². The molecule has 0 aromatic heterocycles. The van der Waals surface area contributed by atoms with Crippen LogP contribution in [0.3, 0.4) is 0 Å². The van der Waals surface area contributed by atoms with Crippen molar-refractivity contribution in [2.75, 3.05) is 12.3 Å². The van der Waals surface area contributed by atoms with Gasteiger partial charge in [-0.3, -0.25) is 9.79 Å². The molecule has 2 heterocycles. The number of aliphatic hydroxyl groups excluding tert-OH is 1. The Kier molecular flexibility index (Phi) is 5.92. The summed E-state index contributed by atoms with van der Waals surface area (Å²) in [6.07, 6.45) is -0.167. The molecule has 0 aromatic rings. The summed E-state index contributed by atoms with van der Waals surface area (Å²) in [5, 5.41) is 28.2. The number of β-lactam (4-membered cyclic amide) rings is 1. The van der Waals surface area contributed by atoms with Crippen molar-refractivity contribution < 1.29 is 19.8 Å². The van der Waals surface area contributed by atoms with Gasteiger partial charge in [0.25, 0.3) is 0 Å². The van der Waals surface area contributed by atoms with E-state index in [9.17, 15) is 19.8 Å². The average Bonchev–Trinajstić information content (AvgIpc) is 2.77. The molecule has 1 fully saturated rings. The number of carbonyl (C=O) groups excluding carboxylic acids is 1. The fraction of sp³-hybridized carbons (Fsp3) is 0.600. The Morgan fingerprint density at radius 1 is 1.52 bits per heavy atom. The highest BCUT2D eigenvalue weighted by atomic mass is 32.2. The lowest BCUT2D eigenvalue weighted by Gasteiger charge is -2.47. The van der Waals surface area contributed by atoms with Gasteiger partial charge in [-0.15, -0.1) is 11.8 Å². The number of thioether (sulfide) groups is 1. The smallest absolute Gasteiger partial charge is 0.353 e. The lowest BCUT2D eigenvalue weighted by Crippen LogP contribution is -2.64. The first-order valence-corrected chi connectivity index (χ1v) is 8.83. The Balaban J connectivity index is 2.34. The molecule has 10 heteroatoms. The summed E-state index contributed by atoms with van der Waals surface area (Å²) in [5.74, 6) is -2.14. The van der Waals surface area contributed by atoms with Gasteiger partial charge in [-0.1, -0.05) is 0 Å². The molecule has 0 saturated carbocycles. The molecule has 2 rings (SSSR count). The van der Waals surface area contributed by atoms with E-state index in [-0.39, 0.29) is 36.4 Å². The SMILES string of the molecule is C[C@@H](O)[C@H]1C(=O)N2C(C(=O)O)=C(SCCC#N)[C@H](CCN=C(N)N)[C@H]12. The van der Waals surface area contributed by atoms with Gasteiger partial charge in [-0.2, -0.15) is 5.26 Å². The molecule has 1 amide bonds. The zero-order valence-electron chi connectivity index (χ0n) is 13.8. The monoisotopic (exact) mass is 367 g/mol. The second-order valence-electron chi connectivity index (χ2n) is 5.94. The minimum Gasteiger partial charge on any atom is -0.477 e. The third-order valence-electron chi connectivity index (χ3n) is 4.34. The zero-order chi connectivity index (χ0) is 18.7. The number of carbonyl (C=O) groups is 2. The Morgan fingerprint density at radius 3 is 2.72 bits per heavy atom. The van der Waals surface area contributed by atoms with Gasteiger partial charge in [0.1, 0.15) is 5.70 Å². The largest absolute Gasteiger partial charge is 0.477 e. The molecule has 25 heavy (non-hydrogen) atoms. The van der Waals surface area contributed by atoms with Crippen LogP contribution in [0.25, 0.3) is 0 Å². The molecule has 0 radical (unpaired) electrons. The summed E-state index contributed by atoms with van der Waals surface area (Å²) in [6, 6.07) is 1.60. The predicted octanol–water partition coefficient (Wildman–Crippen LogP) is -0.569. The van der Waals surface area contributed by atoms with Crippen LogP contribution in [0.2, 0.25) is 0 Å². The maximum absolute atomic E-state index is 12.3. The highest BCUT2D eigenvalue weighted by Gasteiger charge is 2.60. The first kappa shape index (κ1) is 19.1. The normalized spacial score (nSPS) is 25.9. The second-order valence-corrected chi connectivity index (χ2v) is 7.08. The summed E-state index contributed by atoms with van der Waals surface area (Å²) in [7, 11) is 0. The molecular formula is C15H21N5O4S. The van der Waals surface area contributed by atoms with E-state index in [4.69, 9.17) is 16.7 Å². The highest BCUT2D eigenvalue weighted by molar-refractivity contribution is 8.03. The summed E-state index contributed by atoms with van der Waals surface area (Å²) < 4.78 is 0. The topological polar surface area (TPSA) is 166 Å². The molecule has 2 aliphatic heterocycles. The predicted molar refractivity (Wildman–Crippen MR) is 91.9 cm³/mol. The summed E-state index contributed by atoms with van der Waals surface area (Å²) >= 11 is 1.27. The fourth-order valence-corrected chi connectivity index (χ4v) is 4.59. The molecule has 9 nitrogen and oxygen atoms in total. The second kappa shape index (κ2) is 7.76. The summed E-state index contributed by atoms with van der Waals surface area (Å²) in [5.41, 5.74) is 10.6. The van der Waals surface area contributed by atoms with Crippen molar-refractivity contribution in [3.05, 3.63) is 10.6 Å². The number of aliphatic imine (C=N–C) groups is 1. The lowest BCUT2D eigenvalue weighted by atomic mass is 9.77. The van der Waals surface area contributed by atoms with Crippen LogP contribution in [0.15, 0.2) is 15.6 Å². The number of hydrogen-bond acceptors (Lipinski definition) is 6. The van der Waals surface area contributed by atoms with E-state index in [1.54, 1.807) is 0 Å². The van der Waals surface area contributed by atoms with Crippen molar-refractivity contribution in [1.82, 2.24) is 4.90 Å². The van der Waals surface area contributed by atoms with Crippen LogP contribution >= 0.6 is 11.8 Å². The zero-order valence-corrected chi connectivity index (χ0v) is 14.6. The van der Waals surface area contributed by atoms with Crippen LogP contribution < -0.4 is 11.5 Å². The van der Waals surface area contributed by atoms with E-state index in [2.05, 4.69) is 4.99 Å². The lowest BCUT2D eigenvalue weighted by molar-refractivity contribution is -0.163. The number of fused-ring (bicyclic) bond motifs is 1. The van der Waals surface area contributed by atoms with Crippen LogP contribution in [0.5, 0.6) is 0 Å². The number of rotatable bonds is 8. The van der Waals surface area contributed by atoms with Crippen molar-refractivity contribution in [2.45, 2.75) is 31.9 Å². The summed E-state index contributed by atoms with van der Waals surface area (Å²) in [4.78, 5) is 29.8. The van der Waals surface area contributed by atoms with E-state index in [1.807, 2.05) is 6.07 Å². The van der Waals surface area contributed by atoms with Gasteiger partial charge in [0.2, 0.25) is 5.91 Å². The first-order valence-electron chi connectivity index (χ1n) is 7.85. The quantitative estimate of drug-likeness (QED) is 0.191. The molecule has 4 atom stereocenters.